The number of nitrogens with one attached hydrogen (secondary N) is 1. The summed E-state index contributed by atoms with van der Waals surface area (Å²) in [4.78, 5) is 0. The lowest BCUT2D eigenvalue weighted by Gasteiger charge is -2.17. The molecule has 0 aromatic heterocycles. The molecule has 2 aromatic carbocycles. The molecule has 2 rings (SSSR count). The summed E-state index contributed by atoms with van der Waals surface area (Å²) < 4.78 is 7.77. The first-order valence-corrected chi connectivity index (χ1v) is 8.59. The minimum atomic E-state index is 0.290. The summed E-state index contributed by atoms with van der Waals surface area (Å²) in [5.74, 6) is 0.911. The van der Waals surface area contributed by atoms with E-state index in [1.165, 1.54) is 5.56 Å². The van der Waals surface area contributed by atoms with Crippen LogP contribution in [-0.2, 0) is 6.54 Å². The quantitative estimate of drug-likeness (QED) is 0.679. The second kappa shape index (κ2) is 7.97. The van der Waals surface area contributed by atoms with Crippen molar-refractivity contribution in [3.8, 4) is 5.75 Å². The lowest BCUT2D eigenvalue weighted by molar-refractivity contribution is 0.332. The number of ether oxygens (including phenoxy) is 1. The van der Waals surface area contributed by atoms with Crippen molar-refractivity contribution in [1.82, 2.24) is 5.32 Å². The number of halogens is 2. The highest BCUT2D eigenvalue weighted by Crippen LogP contribution is 2.33. The fourth-order valence-corrected chi connectivity index (χ4v) is 3.60. The van der Waals surface area contributed by atoms with Crippen molar-refractivity contribution in [1.29, 1.82) is 0 Å². The number of hydrogen-bond donors (Lipinski definition) is 1. The maximum atomic E-state index is 5.75. The second-order valence-electron chi connectivity index (χ2n) is 4.82. The molecule has 0 aliphatic heterocycles. The summed E-state index contributed by atoms with van der Waals surface area (Å²) >= 11 is 7.10. The predicted molar refractivity (Wildman–Crippen MR) is 94.7 cm³/mol. The Balaban J connectivity index is 2.12. The molecule has 21 heavy (non-hydrogen) atoms. The standard InChI is InChI=1S/C17H19Br2NO/c1-3-21-17-14(9-15(18)10-16(17)19)11-20-12(2)13-7-5-4-6-8-13/h4-10,12,20H,3,11H2,1-2H3/t12-/m0/s1. The largest absolute Gasteiger partial charge is 0.492 e. The Morgan fingerprint density at radius 2 is 1.86 bits per heavy atom. The van der Waals surface area contributed by atoms with Crippen LogP contribution in [0.1, 0.15) is 31.0 Å². The summed E-state index contributed by atoms with van der Waals surface area (Å²) in [7, 11) is 0. The zero-order chi connectivity index (χ0) is 15.2. The molecular formula is C17H19Br2NO. The van der Waals surface area contributed by atoms with Crippen LogP contribution in [0.5, 0.6) is 5.75 Å². The van der Waals surface area contributed by atoms with E-state index in [0.717, 1.165) is 26.8 Å². The van der Waals surface area contributed by atoms with Crippen molar-refractivity contribution in [3.63, 3.8) is 0 Å². The lowest BCUT2D eigenvalue weighted by atomic mass is 10.1. The summed E-state index contributed by atoms with van der Waals surface area (Å²) in [6, 6.07) is 14.8. The van der Waals surface area contributed by atoms with Crippen LogP contribution >= 0.6 is 31.9 Å². The first-order chi connectivity index (χ1) is 10.1. The number of benzene rings is 2. The highest BCUT2D eigenvalue weighted by Gasteiger charge is 2.11. The Kier molecular flexibility index (Phi) is 6.27. The van der Waals surface area contributed by atoms with E-state index in [-0.39, 0.29) is 0 Å². The van der Waals surface area contributed by atoms with Crippen LogP contribution in [-0.4, -0.2) is 6.61 Å². The van der Waals surface area contributed by atoms with Gasteiger partial charge in [0.2, 0.25) is 0 Å². The molecule has 0 aliphatic carbocycles. The zero-order valence-corrected chi connectivity index (χ0v) is 15.4. The predicted octanol–water partition coefficient (Wildman–Crippen LogP) is 5.46. The van der Waals surface area contributed by atoms with Crippen molar-refractivity contribution < 1.29 is 4.74 Å². The molecule has 0 heterocycles. The van der Waals surface area contributed by atoms with Crippen molar-refractivity contribution in [2.45, 2.75) is 26.4 Å². The van der Waals surface area contributed by atoms with Crippen LogP contribution in [0, 0.1) is 0 Å². The smallest absolute Gasteiger partial charge is 0.138 e. The highest BCUT2D eigenvalue weighted by molar-refractivity contribution is 9.11. The van der Waals surface area contributed by atoms with Gasteiger partial charge in [0, 0.05) is 22.6 Å². The van der Waals surface area contributed by atoms with Crippen molar-refractivity contribution in [2.24, 2.45) is 0 Å². The molecule has 0 saturated heterocycles. The van der Waals surface area contributed by atoms with Gasteiger partial charge < -0.3 is 10.1 Å². The Bertz CT molecular complexity index is 587. The minimum absolute atomic E-state index is 0.290. The van der Waals surface area contributed by atoms with Crippen LogP contribution in [0.2, 0.25) is 0 Å². The van der Waals surface area contributed by atoms with E-state index in [0.29, 0.717) is 12.6 Å². The van der Waals surface area contributed by atoms with Gasteiger partial charge in [-0.25, -0.2) is 0 Å². The van der Waals surface area contributed by atoms with Crippen molar-refractivity contribution in [3.05, 3.63) is 62.5 Å². The Morgan fingerprint density at radius 1 is 1.14 bits per heavy atom. The molecule has 112 valence electrons. The van der Waals surface area contributed by atoms with Gasteiger partial charge in [0.1, 0.15) is 5.75 Å². The topological polar surface area (TPSA) is 21.3 Å². The molecule has 0 bridgehead atoms. The fourth-order valence-electron chi connectivity index (χ4n) is 2.17. The van der Waals surface area contributed by atoms with E-state index in [9.17, 15) is 0 Å². The third-order valence-corrected chi connectivity index (χ3v) is 4.32. The van der Waals surface area contributed by atoms with Gasteiger partial charge in [-0.3, -0.25) is 0 Å². The van der Waals surface area contributed by atoms with E-state index in [2.05, 4.69) is 74.4 Å². The molecule has 0 amide bonds. The molecule has 0 aliphatic rings. The molecule has 1 N–H and O–H groups in total. The fraction of sp³-hybridized carbons (Fsp3) is 0.294. The van der Waals surface area contributed by atoms with E-state index in [1.807, 2.05) is 19.1 Å². The van der Waals surface area contributed by atoms with Crippen molar-refractivity contribution in [2.75, 3.05) is 6.61 Å². The van der Waals surface area contributed by atoms with Crippen molar-refractivity contribution >= 4 is 31.9 Å². The van der Waals surface area contributed by atoms with E-state index >= 15 is 0 Å². The van der Waals surface area contributed by atoms with E-state index in [4.69, 9.17) is 4.74 Å². The minimum Gasteiger partial charge on any atom is -0.492 e. The van der Waals surface area contributed by atoms with Gasteiger partial charge in [-0.15, -0.1) is 0 Å². The van der Waals surface area contributed by atoms with Crippen LogP contribution in [0.15, 0.2) is 51.4 Å². The molecule has 4 heteroatoms. The van der Waals surface area contributed by atoms with Gasteiger partial charge in [-0.05, 0) is 47.5 Å². The highest BCUT2D eigenvalue weighted by atomic mass is 79.9. The average molecular weight is 413 g/mol. The molecule has 2 aromatic rings. The molecule has 1 atom stereocenters. The van der Waals surface area contributed by atoms with Gasteiger partial charge in [-0.1, -0.05) is 46.3 Å². The average Bonchev–Trinajstić information content (AvgIpc) is 2.48. The van der Waals surface area contributed by atoms with Gasteiger partial charge in [0.25, 0.3) is 0 Å². The summed E-state index contributed by atoms with van der Waals surface area (Å²) in [5.41, 5.74) is 2.42. The Morgan fingerprint density at radius 3 is 2.52 bits per heavy atom. The molecule has 0 fully saturated rings. The summed E-state index contributed by atoms with van der Waals surface area (Å²) in [6.07, 6.45) is 0. The van der Waals surface area contributed by atoms with Gasteiger partial charge in [0.05, 0.1) is 11.1 Å². The van der Waals surface area contributed by atoms with Crippen LogP contribution < -0.4 is 10.1 Å². The number of rotatable bonds is 6. The summed E-state index contributed by atoms with van der Waals surface area (Å²) in [6.45, 7) is 5.58. The second-order valence-corrected chi connectivity index (χ2v) is 6.59. The molecule has 0 radical (unpaired) electrons. The SMILES string of the molecule is CCOc1c(Br)cc(Br)cc1CN[C@@H](C)c1ccccc1. The monoisotopic (exact) mass is 411 g/mol. The van der Waals surface area contributed by atoms with E-state index in [1.54, 1.807) is 0 Å². The lowest BCUT2D eigenvalue weighted by Crippen LogP contribution is -2.18. The van der Waals surface area contributed by atoms with Crippen LogP contribution in [0.25, 0.3) is 0 Å². The molecule has 2 nitrogen and oxygen atoms in total. The zero-order valence-electron chi connectivity index (χ0n) is 12.2. The maximum absolute atomic E-state index is 5.75. The van der Waals surface area contributed by atoms with Gasteiger partial charge >= 0.3 is 0 Å². The number of hydrogen-bond acceptors (Lipinski definition) is 2. The molecular weight excluding hydrogens is 394 g/mol. The Labute approximate surface area is 143 Å². The summed E-state index contributed by atoms with van der Waals surface area (Å²) in [5, 5.41) is 3.55. The van der Waals surface area contributed by atoms with Gasteiger partial charge in [0.15, 0.2) is 0 Å². The normalized spacial score (nSPS) is 12.2. The maximum Gasteiger partial charge on any atom is 0.138 e. The van der Waals surface area contributed by atoms with Crippen LogP contribution in [0.3, 0.4) is 0 Å². The first kappa shape index (κ1) is 16.5. The third-order valence-electron chi connectivity index (χ3n) is 3.27. The van der Waals surface area contributed by atoms with Crippen LogP contribution in [0.4, 0.5) is 0 Å². The van der Waals surface area contributed by atoms with E-state index < -0.39 is 0 Å². The van der Waals surface area contributed by atoms with Gasteiger partial charge in [-0.2, -0.15) is 0 Å². The third kappa shape index (κ3) is 4.56. The molecule has 0 unspecified atom stereocenters. The molecule has 0 saturated carbocycles. The Hall–Kier alpha value is -0.840. The molecule has 0 spiro atoms. The first-order valence-electron chi connectivity index (χ1n) is 7.01.